The Kier molecular flexibility index (Phi) is 4.26. The minimum Gasteiger partial charge on any atom is -0.357 e. The third kappa shape index (κ3) is 2.92. The van der Waals surface area contributed by atoms with E-state index in [1.165, 1.54) is 6.07 Å². The van der Waals surface area contributed by atoms with E-state index in [9.17, 15) is 13.2 Å². The number of hydrogen-bond donors (Lipinski definition) is 3. The van der Waals surface area contributed by atoms with Gasteiger partial charge < -0.3 is 15.5 Å². The highest BCUT2D eigenvalue weighted by atomic mass is 32.2. The zero-order valence-corrected chi connectivity index (χ0v) is 12.0. The molecular weight excluding hydrogens is 280 g/mol. The number of likely N-dealkylation sites (N-methyl/N-ethyl adjacent to an activating group) is 1. The Morgan fingerprint density at radius 2 is 2.15 bits per heavy atom. The highest BCUT2D eigenvalue weighted by Crippen LogP contribution is 2.26. The average Bonchev–Trinajstić information content (AvgIpc) is 2.45. The number of carbonyl (C=O) groups is 1. The first-order valence-corrected chi connectivity index (χ1v) is 7.80. The summed E-state index contributed by atoms with van der Waals surface area (Å²) in [7, 11) is -2.28. The fourth-order valence-electron chi connectivity index (χ4n) is 2.33. The van der Waals surface area contributed by atoms with E-state index in [-0.39, 0.29) is 10.8 Å². The van der Waals surface area contributed by atoms with Gasteiger partial charge in [-0.2, -0.15) is 0 Å². The third-order valence-electron chi connectivity index (χ3n) is 3.27. The molecule has 0 bridgehead atoms. The Hall–Kier alpha value is -1.64. The molecule has 0 spiro atoms. The lowest BCUT2D eigenvalue weighted by Gasteiger charge is -2.37. The number of nitrogens with two attached hydrogens (primary N) is 1. The summed E-state index contributed by atoms with van der Waals surface area (Å²) in [6.07, 6.45) is 0. The van der Waals surface area contributed by atoms with E-state index in [2.05, 4.69) is 10.6 Å². The van der Waals surface area contributed by atoms with Gasteiger partial charge in [-0.25, -0.2) is 13.6 Å². The minimum absolute atomic E-state index is 0.0378. The van der Waals surface area contributed by atoms with E-state index >= 15 is 0 Å². The Morgan fingerprint density at radius 1 is 1.45 bits per heavy atom. The van der Waals surface area contributed by atoms with Gasteiger partial charge in [-0.3, -0.25) is 4.79 Å². The largest absolute Gasteiger partial charge is 0.357 e. The number of para-hydroxylation sites is 1. The van der Waals surface area contributed by atoms with Crippen molar-refractivity contribution in [3.05, 3.63) is 24.3 Å². The van der Waals surface area contributed by atoms with Crippen LogP contribution in [0.5, 0.6) is 0 Å². The van der Waals surface area contributed by atoms with Crippen LogP contribution in [0.15, 0.2) is 29.2 Å². The molecular formula is C12H18N4O3S. The highest BCUT2D eigenvalue weighted by Gasteiger charge is 2.30. The molecule has 1 aromatic rings. The number of amides is 1. The predicted molar refractivity (Wildman–Crippen MR) is 75.9 cm³/mol. The van der Waals surface area contributed by atoms with Crippen LogP contribution >= 0.6 is 0 Å². The average molecular weight is 298 g/mol. The molecule has 1 saturated heterocycles. The second kappa shape index (κ2) is 5.78. The summed E-state index contributed by atoms with van der Waals surface area (Å²) in [5, 5.41) is 11.0. The SMILES string of the molecule is CNC(=O)C1CNCCN1c1ccccc1S(N)(=O)=O. The molecule has 1 amide bonds. The van der Waals surface area contributed by atoms with Gasteiger partial charge in [0, 0.05) is 26.7 Å². The minimum atomic E-state index is -3.83. The lowest BCUT2D eigenvalue weighted by atomic mass is 10.1. The first-order valence-electron chi connectivity index (χ1n) is 6.26. The molecule has 1 aliphatic heterocycles. The number of piperazine rings is 1. The Labute approximate surface area is 118 Å². The van der Waals surface area contributed by atoms with Crippen LogP contribution in [0, 0.1) is 0 Å². The molecule has 2 rings (SSSR count). The van der Waals surface area contributed by atoms with Gasteiger partial charge in [0.25, 0.3) is 0 Å². The monoisotopic (exact) mass is 298 g/mol. The van der Waals surface area contributed by atoms with E-state index in [1.54, 1.807) is 30.1 Å². The van der Waals surface area contributed by atoms with Gasteiger partial charge in [0.15, 0.2) is 0 Å². The van der Waals surface area contributed by atoms with Crippen molar-refractivity contribution in [1.82, 2.24) is 10.6 Å². The Bertz CT molecular complexity index is 602. The molecule has 1 atom stereocenters. The van der Waals surface area contributed by atoms with E-state index in [1.807, 2.05) is 0 Å². The van der Waals surface area contributed by atoms with Gasteiger partial charge in [-0.15, -0.1) is 0 Å². The number of nitrogens with one attached hydrogen (secondary N) is 2. The molecule has 1 fully saturated rings. The van der Waals surface area contributed by atoms with E-state index in [0.29, 0.717) is 25.3 Å². The van der Waals surface area contributed by atoms with Crippen LogP contribution in [-0.2, 0) is 14.8 Å². The van der Waals surface area contributed by atoms with Crippen LogP contribution in [0.4, 0.5) is 5.69 Å². The number of primary sulfonamides is 1. The van der Waals surface area contributed by atoms with Crippen molar-refractivity contribution < 1.29 is 13.2 Å². The number of rotatable bonds is 3. The maximum atomic E-state index is 11.9. The van der Waals surface area contributed by atoms with Crippen LogP contribution in [0.3, 0.4) is 0 Å². The van der Waals surface area contributed by atoms with E-state index in [0.717, 1.165) is 0 Å². The fourth-order valence-corrected chi connectivity index (χ4v) is 3.07. The van der Waals surface area contributed by atoms with Gasteiger partial charge in [0.2, 0.25) is 15.9 Å². The zero-order chi connectivity index (χ0) is 14.8. The van der Waals surface area contributed by atoms with Gasteiger partial charge in [0.1, 0.15) is 10.9 Å². The molecule has 1 heterocycles. The number of nitrogens with zero attached hydrogens (tertiary/aromatic N) is 1. The molecule has 110 valence electrons. The summed E-state index contributed by atoms with van der Waals surface area (Å²) in [5.74, 6) is -0.165. The van der Waals surface area contributed by atoms with Gasteiger partial charge >= 0.3 is 0 Å². The molecule has 0 aromatic heterocycles. The van der Waals surface area contributed by atoms with Crippen molar-refractivity contribution in [2.45, 2.75) is 10.9 Å². The first kappa shape index (κ1) is 14.8. The molecule has 1 unspecified atom stereocenters. The Balaban J connectivity index is 2.46. The number of hydrogen-bond acceptors (Lipinski definition) is 5. The quantitative estimate of drug-likeness (QED) is 0.654. The van der Waals surface area contributed by atoms with Crippen molar-refractivity contribution in [3.63, 3.8) is 0 Å². The smallest absolute Gasteiger partial charge is 0.243 e. The van der Waals surface area contributed by atoms with Crippen molar-refractivity contribution in [2.24, 2.45) is 5.14 Å². The maximum Gasteiger partial charge on any atom is 0.243 e. The number of sulfonamides is 1. The summed E-state index contributed by atoms with van der Waals surface area (Å²) in [6, 6.07) is 6.00. The molecule has 0 aliphatic carbocycles. The third-order valence-corrected chi connectivity index (χ3v) is 4.23. The fraction of sp³-hybridized carbons (Fsp3) is 0.417. The zero-order valence-electron chi connectivity index (χ0n) is 11.2. The van der Waals surface area contributed by atoms with Crippen LogP contribution < -0.4 is 20.7 Å². The van der Waals surface area contributed by atoms with E-state index in [4.69, 9.17) is 5.14 Å². The number of carbonyl (C=O) groups excluding carboxylic acids is 1. The molecule has 0 radical (unpaired) electrons. The normalized spacial score (nSPS) is 19.7. The Morgan fingerprint density at radius 3 is 2.80 bits per heavy atom. The molecule has 4 N–H and O–H groups in total. The van der Waals surface area contributed by atoms with Crippen LogP contribution in [-0.4, -0.2) is 47.0 Å². The maximum absolute atomic E-state index is 11.9. The molecule has 20 heavy (non-hydrogen) atoms. The molecule has 0 saturated carbocycles. The van der Waals surface area contributed by atoms with Crippen LogP contribution in [0.2, 0.25) is 0 Å². The van der Waals surface area contributed by atoms with Crippen LogP contribution in [0.25, 0.3) is 0 Å². The van der Waals surface area contributed by atoms with Gasteiger partial charge in [0.05, 0.1) is 5.69 Å². The summed E-state index contributed by atoms with van der Waals surface area (Å²) >= 11 is 0. The molecule has 7 nitrogen and oxygen atoms in total. The summed E-state index contributed by atoms with van der Waals surface area (Å²) in [5.41, 5.74) is 0.463. The van der Waals surface area contributed by atoms with Crippen LogP contribution in [0.1, 0.15) is 0 Å². The van der Waals surface area contributed by atoms with E-state index < -0.39 is 16.1 Å². The second-order valence-electron chi connectivity index (χ2n) is 4.54. The van der Waals surface area contributed by atoms with Crippen molar-refractivity contribution in [1.29, 1.82) is 0 Å². The summed E-state index contributed by atoms with van der Waals surface area (Å²) < 4.78 is 23.4. The van der Waals surface area contributed by atoms with Gasteiger partial charge in [-0.05, 0) is 12.1 Å². The number of benzene rings is 1. The summed E-state index contributed by atoms with van der Waals surface area (Å²) in [6.45, 7) is 1.66. The van der Waals surface area contributed by atoms with Crippen molar-refractivity contribution in [2.75, 3.05) is 31.6 Å². The van der Waals surface area contributed by atoms with Crippen molar-refractivity contribution >= 4 is 21.6 Å². The lowest BCUT2D eigenvalue weighted by molar-refractivity contribution is -0.122. The topological polar surface area (TPSA) is 105 Å². The lowest BCUT2D eigenvalue weighted by Crippen LogP contribution is -2.58. The predicted octanol–water partition coefficient (Wildman–Crippen LogP) is -1.14. The van der Waals surface area contributed by atoms with Crippen molar-refractivity contribution in [3.8, 4) is 0 Å². The summed E-state index contributed by atoms with van der Waals surface area (Å²) in [4.78, 5) is 13.7. The first-order chi connectivity index (χ1) is 9.45. The molecule has 8 heteroatoms. The molecule has 1 aliphatic rings. The second-order valence-corrected chi connectivity index (χ2v) is 6.07. The standard InChI is InChI=1S/C12H18N4O3S/c1-14-12(17)10-8-15-6-7-16(10)9-4-2-3-5-11(9)20(13,18)19/h2-5,10,15H,6-8H2,1H3,(H,14,17)(H2,13,18,19). The number of anilines is 1. The highest BCUT2D eigenvalue weighted by molar-refractivity contribution is 7.89. The molecule has 1 aromatic carbocycles. The van der Waals surface area contributed by atoms with Gasteiger partial charge in [-0.1, -0.05) is 12.1 Å².